The van der Waals surface area contributed by atoms with Crippen LogP contribution in [0.5, 0.6) is 0 Å². The lowest BCUT2D eigenvalue weighted by Crippen LogP contribution is -2.44. The van der Waals surface area contributed by atoms with Crippen molar-refractivity contribution in [1.29, 1.82) is 0 Å². The molecule has 8 heteroatoms. The molecule has 2 N–H and O–H groups in total. The van der Waals surface area contributed by atoms with Gasteiger partial charge in [-0.15, -0.1) is 0 Å². The zero-order chi connectivity index (χ0) is 24.5. The van der Waals surface area contributed by atoms with Crippen LogP contribution in [0.3, 0.4) is 0 Å². The van der Waals surface area contributed by atoms with E-state index in [1.165, 1.54) is 0 Å². The van der Waals surface area contributed by atoms with Crippen LogP contribution in [-0.2, 0) is 6.54 Å². The SMILES string of the molecule is C[C@@H]1C=C(c2ccc3ncccc3c2)c2cnc(Nc3ccnc(N4CCN(C)CC4)c3)nc2CN1. The molecule has 0 saturated carbocycles. The summed E-state index contributed by atoms with van der Waals surface area (Å²) in [5.74, 6) is 1.57. The molecule has 2 aliphatic heterocycles. The van der Waals surface area contributed by atoms with Gasteiger partial charge in [0.05, 0.1) is 11.2 Å². The largest absolute Gasteiger partial charge is 0.354 e. The highest BCUT2D eigenvalue weighted by Gasteiger charge is 2.19. The zero-order valence-corrected chi connectivity index (χ0v) is 20.6. The van der Waals surface area contributed by atoms with Crippen LogP contribution in [0.4, 0.5) is 17.5 Å². The predicted molar refractivity (Wildman–Crippen MR) is 144 cm³/mol. The van der Waals surface area contributed by atoms with Crippen LogP contribution in [0.2, 0.25) is 0 Å². The molecule has 1 saturated heterocycles. The molecule has 0 aliphatic carbocycles. The molecule has 3 aromatic heterocycles. The summed E-state index contributed by atoms with van der Waals surface area (Å²) in [6, 6.07) is 14.7. The summed E-state index contributed by atoms with van der Waals surface area (Å²) in [6.07, 6.45) is 7.86. The van der Waals surface area contributed by atoms with Crippen molar-refractivity contribution >= 4 is 33.9 Å². The quantitative estimate of drug-likeness (QED) is 0.458. The van der Waals surface area contributed by atoms with Crippen molar-refractivity contribution in [2.75, 3.05) is 43.4 Å². The number of aromatic nitrogens is 4. The van der Waals surface area contributed by atoms with Crippen molar-refractivity contribution in [3.05, 3.63) is 84.0 Å². The number of nitrogens with zero attached hydrogens (tertiary/aromatic N) is 6. The van der Waals surface area contributed by atoms with Gasteiger partial charge in [-0.1, -0.05) is 18.2 Å². The maximum absolute atomic E-state index is 4.91. The van der Waals surface area contributed by atoms with Gasteiger partial charge in [0.25, 0.3) is 0 Å². The number of pyridine rings is 2. The van der Waals surface area contributed by atoms with E-state index in [4.69, 9.17) is 9.97 Å². The van der Waals surface area contributed by atoms with Crippen molar-refractivity contribution in [2.24, 2.45) is 0 Å². The molecule has 2 aliphatic rings. The van der Waals surface area contributed by atoms with Crippen LogP contribution in [0.15, 0.2) is 67.1 Å². The minimum Gasteiger partial charge on any atom is -0.354 e. The van der Waals surface area contributed by atoms with Gasteiger partial charge in [0.2, 0.25) is 5.95 Å². The van der Waals surface area contributed by atoms with Crippen molar-refractivity contribution in [3.63, 3.8) is 0 Å². The maximum Gasteiger partial charge on any atom is 0.227 e. The van der Waals surface area contributed by atoms with Gasteiger partial charge in [0.15, 0.2) is 0 Å². The van der Waals surface area contributed by atoms with Crippen LogP contribution in [0.25, 0.3) is 16.5 Å². The highest BCUT2D eigenvalue weighted by Crippen LogP contribution is 2.30. The smallest absolute Gasteiger partial charge is 0.227 e. The van der Waals surface area contributed by atoms with Gasteiger partial charge in [0, 0.05) is 80.1 Å². The lowest BCUT2D eigenvalue weighted by Gasteiger charge is -2.33. The number of fused-ring (bicyclic) bond motifs is 2. The second kappa shape index (κ2) is 9.64. The first kappa shape index (κ1) is 22.6. The van der Waals surface area contributed by atoms with Gasteiger partial charge < -0.3 is 20.4 Å². The van der Waals surface area contributed by atoms with E-state index in [0.717, 1.165) is 71.0 Å². The summed E-state index contributed by atoms with van der Waals surface area (Å²) in [7, 11) is 2.16. The number of nitrogens with one attached hydrogen (secondary N) is 2. The van der Waals surface area contributed by atoms with Crippen molar-refractivity contribution < 1.29 is 0 Å². The predicted octanol–water partition coefficient (Wildman–Crippen LogP) is 3.84. The molecule has 0 amide bonds. The summed E-state index contributed by atoms with van der Waals surface area (Å²) in [6.45, 7) is 6.88. The Morgan fingerprint density at radius 1 is 0.972 bits per heavy atom. The number of hydrogen-bond acceptors (Lipinski definition) is 8. The molecule has 1 fully saturated rings. The van der Waals surface area contributed by atoms with Gasteiger partial charge in [-0.3, -0.25) is 4.98 Å². The van der Waals surface area contributed by atoms with Crippen LogP contribution >= 0.6 is 0 Å². The maximum atomic E-state index is 4.91. The second-order valence-corrected chi connectivity index (χ2v) is 9.53. The average molecular weight is 479 g/mol. The van der Waals surface area contributed by atoms with Crippen LogP contribution < -0.4 is 15.5 Å². The third kappa shape index (κ3) is 4.65. The van der Waals surface area contributed by atoms with Crippen molar-refractivity contribution in [2.45, 2.75) is 19.5 Å². The van der Waals surface area contributed by atoms with E-state index >= 15 is 0 Å². The van der Waals surface area contributed by atoms with E-state index in [2.05, 4.69) is 80.8 Å². The van der Waals surface area contributed by atoms with E-state index in [9.17, 15) is 0 Å². The summed E-state index contributed by atoms with van der Waals surface area (Å²) < 4.78 is 0. The van der Waals surface area contributed by atoms with Gasteiger partial charge in [-0.05, 0) is 49.4 Å². The first-order valence-corrected chi connectivity index (χ1v) is 12.5. The number of piperazine rings is 1. The first-order chi connectivity index (χ1) is 17.6. The molecule has 5 heterocycles. The molecule has 8 nitrogen and oxygen atoms in total. The Labute approximate surface area is 211 Å². The lowest BCUT2D eigenvalue weighted by atomic mass is 9.96. The van der Waals surface area contributed by atoms with Gasteiger partial charge in [-0.25, -0.2) is 15.0 Å². The molecule has 0 radical (unpaired) electrons. The fourth-order valence-corrected chi connectivity index (χ4v) is 4.82. The normalized spacial score (nSPS) is 18.4. The van der Waals surface area contributed by atoms with E-state index in [0.29, 0.717) is 12.5 Å². The Kier molecular flexibility index (Phi) is 6.04. The highest BCUT2D eigenvalue weighted by atomic mass is 15.3. The molecular weight excluding hydrogens is 448 g/mol. The van der Waals surface area contributed by atoms with Gasteiger partial charge in [0.1, 0.15) is 5.82 Å². The summed E-state index contributed by atoms with van der Waals surface area (Å²) in [5, 5.41) is 8.08. The molecule has 0 unspecified atom stereocenters. The number of benzene rings is 1. The molecular formula is C28H30N8. The second-order valence-electron chi connectivity index (χ2n) is 9.53. The Bertz CT molecular complexity index is 1420. The third-order valence-electron chi connectivity index (χ3n) is 6.91. The Balaban J connectivity index is 1.28. The van der Waals surface area contributed by atoms with Crippen LogP contribution in [0, 0.1) is 0 Å². The average Bonchev–Trinajstić information content (AvgIpc) is 3.07. The number of hydrogen-bond donors (Lipinski definition) is 2. The summed E-state index contributed by atoms with van der Waals surface area (Å²) in [5.41, 5.74) is 6.23. The standard InChI is InChI=1S/C28H30N8/c1-19-14-23(20-5-6-25-21(15-20)4-3-8-29-25)24-17-32-28(34-26(24)18-31-19)33-22-7-9-30-27(16-22)36-12-10-35(2)11-13-36/h3-9,14-17,19,31H,10-13,18H2,1-2H3,(H,30,32,33,34)/t19-/m1/s1. The molecule has 1 atom stereocenters. The molecule has 4 aromatic rings. The minimum atomic E-state index is 0.210. The molecule has 182 valence electrons. The number of rotatable bonds is 4. The van der Waals surface area contributed by atoms with Crippen molar-refractivity contribution in [3.8, 4) is 0 Å². The Morgan fingerprint density at radius 3 is 2.75 bits per heavy atom. The topological polar surface area (TPSA) is 82.1 Å². The minimum absolute atomic E-state index is 0.210. The third-order valence-corrected chi connectivity index (χ3v) is 6.91. The lowest BCUT2D eigenvalue weighted by molar-refractivity contribution is 0.312. The van der Waals surface area contributed by atoms with Gasteiger partial charge >= 0.3 is 0 Å². The Hall–Kier alpha value is -3.88. The van der Waals surface area contributed by atoms with E-state index in [1.54, 1.807) is 0 Å². The van der Waals surface area contributed by atoms with Crippen LogP contribution in [-0.4, -0.2) is 64.1 Å². The number of likely N-dealkylation sites (N-methyl/N-ethyl adjacent to an activating group) is 1. The molecule has 6 rings (SSSR count). The first-order valence-electron chi connectivity index (χ1n) is 12.5. The summed E-state index contributed by atoms with van der Waals surface area (Å²) >= 11 is 0. The van der Waals surface area contributed by atoms with Crippen LogP contribution in [0.1, 0.15) is 23.7 Å². The molecule has 0 bridgehead atoms. The van der Waals surface area contributed by atoms with E-state index in [1.807, 2.05) is 30.7 Å². The zero-order valence-electron chi connectivity index (χ0n) is 20.6. The molecule has 36 heavy (non-hydrogen) atoms. The molecule has 1 aromatic carbocycles. The van der Waals surface area contributed by atoms with Crippen molar-refractivity contribution in [1.82, 2.24) is 30.2 Å². The molecule has 0 spiro atoms. The number of anilines is 3. The Morgan fingerprint density at radius 2 is 1.86 bits per heavy atom. The fraction of sp³-hybridized carbons (Fsp3) is 0.286. The summed E-state index contributed by atoms with van der Waals surface area (Å²) in [4.78, 5) is 23.3. The van der Waals surface area contributed by atoms with E-state index < -0.39 is 0 Å². The fourth-order valence-electron chi connectivity index (χ4n) is 4.82. The van der Waals surface area contributed by atoms with Gasteiger partial charge in [-0.2, -0.15) is 0 Å². The van der Waals surface area contributed by atoms with E-state index in [-0.39, 0.29) is 6.04 Å². The monoisotopic (exact) mass is 478 g/mol. The highest BCUT2D eigenvalue weighted by molar-refractivity contribution is 5.88.